The normalized spacial score (nSPS) is 10.8. The number of amides is 1. The third-order valence-corrected chi connectivity index (χ3v) is 3.30. The first-order chi connectivity index (χ1) is 12.7. The third-order valence-electron chi connectivity index (χ3n) is 3.30. The van der Waals surface area contributed by atoms with Crippen LogP contribution >= 0.6 is 0 Å². The van der Waals surface area contributed by atoms with Crippen LogP contribution in [-0.2, 0) is 11.3 Å². The summed E-state index contributed by atoms with van der Waals surface area (Å²) in [5, 5.41) is 16.8. The van der Waals surface area contributed by atoms with Crippen molar-refractivity contribution >= 4 is 23.3 Å². The van der Waals surface area contributed by atoms with Gasteiger partial charge in [-0.05, 0) is 38.5 Å². The lowest BCUT2D eigenvalue weighted by Gasteiger charge is -2.19. The van der Waals surface area contributed by atoms with Gasteiger partial charge in [0.1, 0.15) is 11.4 Å². The van der Waals surface area contributed by atoms with Gasteiger partial charge in [-0.2, -0.15) is 0 Å². The van der Waals surface area contributed by atoms with Gasteiger partial charge < -0.3 is 20.1 Å². The molecule has 9 heteroatoms. The standard InChI is InChI=1S/C18H22N4O5/c1-18(2,3)27-17(23)20-10-12-6-5-7-13(8-12)21-16-15(22(24)25)9-14(26-4)11-19-16/h5-9,11H,10H2,1-4H3,(H,19,21)(H,20,23). The molecule has 144 valence electrons. The average molecular weight is 374 g/mol. The van der Waals surface area contributed by atoms with Crippen LogP contribution < -0.4 is 15.4 Å². The summed E-state index contributed by atoms with van der Waals surface area (Å²) in [7, 11) is 1.41. The molecule has 1 heterocycles. The third kappa shape index (κ3) is 6.14. The number of ether oxygens (including phenoxy) is 2. The molecule has 0 aliphatic heterocycles. The van der Waals surface area contributed by atoms with Crippen LogP contribution in [0.3, 0.4) is 0 Å². The van der Waals surface area contributed by atoms with Gasteiger partial charge in [0.2, 0.25) is 5.82 Å². The minimum absolute atomic E-state index is 0.0954. The van der Waals surface area contributed by atoms with Gasteiger partial charge in [-0.3, -0.25) is 10.1 Å². The molecule has 0 spiro atoms. The van der Waals surface area contributed by atoms with Crippen LogP contribution in [0, 0.1) is 10.1 Å². The number of nitro groups is 1. The van der Waals surface area contributed by atoms with E-state index in [1.54, 1.807) is 39.0 Å². The first kappa shape index (κ1) is 20.0. The van der Waals surface area contributed by atoms with E-state index in [0.717, 1.165) is 5.56 Å². The van der Waals surface area contributed by atoms with E-state index in [9.17, 15) is 14.9 Å². The minimum atomic E-state index is -0.577. The highest BCUT2D eigenvalue weighted by atomic mass is 16.6. The van der Waals surface area contributed by atoms with E-state index in [2.05, 4.69) is 15.6 Å². The van der Waals surface area contributed by atoms with Crippen molar-refractivity contribution in [1.29, 1.82) is 0 Å². The summed E-state index contributed by atoms with van der Waals surface area (Å²) >= 11 is 0. The number of pyridine rings is 1. The molecular weight excluding hydrogens is 352 g/mol. The molecule has 27 heavy (non-hydrogen) atoms. The van der Waals surface area contributed by atoms with Crippen molar-refractivity contribution in [2.75, 3.05) is 12.4 Å². The minimum Gasteiger partial charge on any atom is -0.495 e. The van der Waals surface area contributed by atoms with Crippen molar-refractivity contribution in [3.63, 3.8) is 0 Å². The van der Waals surface area contributed by atoms with E-state index < -0.39 is 16.6 Å². The highest BCUT2D eigenvalue weighted by Gasteiger charge is 2.18. The largest absolute Gasteiger partial charge is 0.495 e. The second kappa shape index (κ2) is 8.35. The molecule has 0 radical (unpaired) electrons. The Morgan fingerprint density at radius 3 is 2.67 bits per heavy atom. The fraction of sp³-hybridized carbons (Fsp3) is 0.333. The number of nitrogens with zero attached hydrogens (tertiary/aromatic N) is 2. The number of hydrogen-bond donors (Lipinski definition) is 2. The summed E-state index contributed by atoms with van der Waals surface area (Å²) in [6.07, 6.45) is 0.872. The zero-order valence-corrected chi connectivity index (χ0v) is 15.6. The van der Waals surface area contributed by atoms with Crippen molar-refractivity contribution in [3.05, 3.63) is 52.2 Å². The molecule has 1 aromatic carbocycles. The number of carbonyl (C=O) groups is 1. The Labute approximate surface area is 156 Å². The highest BCUT2D eigenvalue weighted by molar-refractivity contribution is 5.68. The molecule has 0 saturated heterocycles. The number of hydrogen-bond acceptors (Lipinski definition) is 7. The number of benzene rings is 1. The van der Waals surface area contributed by atoms with Crippen molar-refractivity contribution in [2.24, 2.45) is 0 Å². The van der Waals surface area contributed by atoms with Gasteiger partial charge in [-0.1, -0.05) is 12.1 Å². The maximum Gasteiger partial charge on any atom is 0.407 e. The molecule has 0 aliphatic rings. The summed E-state index contributed by atoms with van der Waals surface area (Å²) in [6, 6.07) is 8.38. The summed E-state index contributed by atoms with van der Waals surface area (Å²) < 4.78 is 10.2. The molecule has 1 amide bonds. The number of rotatable bonds is 6. The van der Waals surface area contributed by atoms with Crippen LogP contribution in [0.2, 0.25) is 0 Å². The quantitative estimate of drug-likeness (QED) is 0.584. The molecule has 2 aromatic rings. The maximum atomic E-state index is 11.7. The van der Waals surface area contributed by atoms with Crippen molar-refractivity contribution in [1.82, 2.24) is 10.3 Å². The monoisotopic (exact) mass is 374 g/mol. The fourth-order valence-electron chi connectivity index (χ4n) is 2.17. The van der Waals surface area contributed by atoms with Gasteiger partial charge in [-0.25, -0.2) is 9.78 Å². The van der Waals surface area contributed by atoms with E-state index in [1.807, 2.05) is 6.07 Å². The predicted octanol–water partition coefficient (Wildman–Crippen LogP) is 3.77. The molecule has 1 aromatic heterocycles. The van der Waals surface area contributed by atoms with Gasteiger partial charge in [0, 0.05) is 12.2 Å². The summed E-state index contributed by atoms with van der Waals surface area (Å²) in [5.74, 6) is 0.389. The lowest BCUT2D eigenvalue weighted by atomic mass is 10.2. The number of carbonyl (C=O) groups excluding carboxylic acids is 1. The summed E-state index contributed by atoms with van der Waals surface area (Å²) in [4.78, 5) is 26.5. The van der Waals surface area contributed by atoms with Crippen LogP contribution in [-0.4, -0.2) is 28.7 Å². The zero-order valence-electron chi connectivity index (χ0n) is 15.6. The Morgan fingerprint density at radius 1 is 1.30 bits per heavy atom. The second-order valence-corrected chi connectivity index (χ2v) is 6.68. The Kier molecular flexibility index (Phi) is 6.17. The SMILES string of the molecule is COc1cnc(Nc2cccc(CNC(=O)OC(C)(C)C)c2)c([N+](=O)[O-])c1. The Hall–Kier alpha value is -3.36. The molecule has 9 nitrogen and oxygen atoms in total. The molecule has 0 bridgehead atoms. The van der Waals surface area contributed by atoms with E-state index in [1.165, 1.54) is 19.4 Å². The van der Waals surface area contributed by atoms with Gasteiger partial charge in [-0.15, -0.1) is 0 Å². The number of nitrogens with one attached hydrogen (secondary N) is 2. The van der Waals surface area contributed by atoms with Crippen LogP contribution in [0.15, 0.2) is 36.5 Å². The Morgan fingerprint density at radius 2 is 2.04 bits per heavy atom. The summed E-state index contributed by atoms with van der Waals surface area (Å²) in [6.45, 7) is 5.60. The van der Waals surface area contributed by atoms with Gasteiger partial charge >= 0.3 is 11.8 Å². The fourth-order valence-corrected chi connectivity index (χ4v) is 2.17. The molecule has 0 atom stereocenters. The van der Waals surface area contributed by atoms with Gasteiger partial charge in [0.05, 0.1) is 24.3 Å². The topological polar surface area (TPSA) is 116 Å². The van der Waals surface area contributed by atoms with Crippen molar-refractivity contribution in [3.8, 4) is 5.75 Å². The molecule has 0 saturated carbocycles. The van der Waals surface area contributed by atoms with Gasteiger partial charge in [0.25, 0.3) is 0 Å². The number of methoxy groups -OCH3 is 1. The van der Waals surface area contributed by atoms with Crippen molar-refractivity contribution in [2.45, 2.75) is 32.9 Å². The highest BCUT2D eigenvalue weighted by Crippen LogP contribution is 2.29. The molecular formula is C18H22N4O5. The van der Waals surface area contributed by atoms with Crippen LogP contribution in [0.1, 0.15) is 26.3 Å². The first-order valence-corrected chi connectivity index (χ1v) is 8.19. The number of anilines is 2. The van der Waals surface area contributed by atoms with Crippen molar-refractivity contribution < 1.29 is 19.2 Å². The van der Waals surface area contributed by atoms with Crippen LogP contribution in [0.4, 0.5) is 22.0 Å². The summed E-state index contributed by atoms with van der Waals surface area (Å²) in [5.41, 5.74) is 0.611. The van der Waals surface area contributed by atoms with E-state index in [4.69, 9.17) is 9.47 Å². The molecule has 2 N–H and O–H groups in total. The zero-order chi connectivity index (χ0) is 20.0. The Balaban J connectivity index is 2.10. The Bertz CT molecular complexity index is 833. The van der Waals surface area contributed by atoms with E-state index in [-0.39, 0.29) is 18.1 Å². The predicted molar refractivity (Wildman–Crippen MR) is 100 cm³/mol. The molecule has 0 aliphatic carbocycles. The van der Waals surface area contributed by atoms with E-state index in [0.29, 0.717) is 11.4 Å². The van der Waals surface area contributed by atoms with E-state index >= 15 is 0 Å². The van der Waals surface area contributed by atoms with Gasteiger partial charge in [0.15, 0.2) is 0 Å². The lowest BCUT2D eigenvalue weighted by molar-refractivity contribution is -0.384. The molecule has 2 rings (SSSR count). The first-order valence-electron chi connectivity index (χ1n) is 8.19. The molecule has 0 unspecified atom stereocenters. The maximum absolute atomic E-state index is 11.7. The average Bonchev–Trinajstić information content (AvgIpc) is 2.59. The number of alkyl carbamates (subject to hydrolysis) is 1. The molecule has 0 fully saturated rings. The number of aromatic nitrogens is 1. The second-order valence-electron chi connectivity index (χ2n) is 6.68. The lowest BCUT2D eigenvalue weighted by Crippen LogP contribution is -2.32. The smallest absolute Gasteiger partial charge is 0.407 e. The van der Waals surface area contributed by atoms with Crippen LogP contribution in [0.25, 0.3) is 0 Å². The van der Waals surface area contributed by atoms with Crippen LogP contribution in [0.5, 0.6) is 5.75 Å².